The van der Waals surface area contributed by atoms with Gasteiger partial charge in [-0.2, -0.15) is 0 Å². The number of ketones is 2. The Bertz CT molecular complexity index is 2950. The molecule has 0 bridgehead atoms. The van der Waals surface area contributed by atoms with Gasteiger partial charge >= 0.3 is 0 Å². The summed E-state index contributed by atoms with van der Waals surface area (Å²) in [5.74, 6) is 0.919. The van der Waals surface area contributed by atoms with Gasteiger partial charge in [-0.1, -0.05) is 61.4 Å². The van der Waals surface area contributed by atoms with Gasteiger partial charge in [-0.05, 0) is 86.8 Å². The van der Waals surface area contributed by atoms with Crippen LogP contribution in [0, 0.1) is 35.8 Å². The molecule has 0 saturated heterocycles. The second-order valence-corrected chi connectivity index (χ2v) is 18.4. The lowest BCUT2D eigenvalue weighted by molar-refractivity contribution is 0.0163. The van der Waals surface area contributed by atoms with Gasteiger partial charge in [0.05, 0.1) is 35.0 Å². The molecule has 0 atom stereocenters. The maximum atomic E-state index is 13.9. The molecule has 6 aliphatic rings. The highest BCUT2D eigenvalue weighted by molar-refractivity contribution is 7.16. The Kier molecular flexibility index (Phi) is 8.64. The van der Waals surface area contributed by atoms with E-state index >= 15 is 0 Å². The molecule has 10 nitrogen and oxygen atoms in total. The van der Waals surface area contributed by atoms with Crippen molar-refractivity contribution in [3.8, 4) is 44.5 Å². The lowest BCUT2D eigenvalue weighted by Crippen LogP contribution is -2.39. The van der Waals surface area contributed by atoms with Crippen LogP contribution < -0.4 is 9.47 Å². The molecule has 2 aliphatic heterocycles. The van der Waals surface area contributed by atoms with Crippen LogP contribution in [-0.4, -0.2) is 21.5 Å². The van der Waals surface area contributed by atoms with E-state index in [1.54, 1.807) is 60.7 Å². The molecule has 4 heterocycles. The van der Waals surface area contributed by atoms with Crippen LogP contribution in [0.3, 0.4) is 0 Å². The van der Waals surface area contributed by atoms with Gasteiger partial charge in [0.2, 0.25) is 0 Å². The first-order valence-electron chi connectivity index (χ1n) is 20.7. The fraction of sp³-hybridized carbons (Fsp3) is 0.240. The molecular weight excluding hydrogens is 813 g/mol. The third kappa shape index (κ3) is 5.47. The molecular formula is C50H32N6O4S2. The van der Waals surface area contributed by atoms with Crippen molar-refractivity contribution in [2.24, 2.45) is 0 Å². The number of carbonyl (C=O) groups is 2. The first kappa shape index (κ1) is 37.8. The number of carbonyl (C=O) groups excluding carboxylic acids is 2. The second-order valence-electron chi connectivity index (χ2n) is 16.4. The van der Waals surface area contributed by atoms with Gasteiger partial charge in [-0.15, -0.1) is 22.7 Å². The van der Waals surface area contributed by atoms with E-state index < -0.39 is 11.2 Å². The number of benzene rings is 3. The number of aromatic nitrogens is 2. The Morgan fingerprint density at radius 2 is 1.00 bits per heavy atom. The minimum atomic E-state index is -0.689. The van der Waals surface area contributed by atoms with Crippen LogP contribution in [0.2, 0.25) is 0 Å². The van der Waals surface area contributed by atoms with E-state index in [9.17, 15) is 20.1 Å². The fourth-order valence-electron chi connectivity index (χ4n) is 10.2. The minimum absolute atomic E-state index is 0.136. The predicted molar refractivity (Wildman–Crippen MR) is 235 cm³/mol. The number of rotatable bonds is 2. The van der Waals surface area contributed by atoms with Crippen molar-refractivity contribution in [3.05, 3.63) is 150 Å². The third-order valence-electron chi connectivity index (χ3n) is 13.0. The molecule has 0 amide bonds. The maximum absolute atomic E-state index is 13.9. The number of nitriles is 2. The quantitative estimate of drug-likeness (QED) is 0.0974. The molecule has 2 spiro atoms. The summed E-state index contributed by atoms with van der Waals surface area (Å²) in [6.45, 7) is 15.5. The Balaban J connectivity index is 1.07. The van der Waals surface area contributed by atoms with Gasteiger partial charge in [0.1, 0.15) is 32.9 Å². The zero-order valence-corrected chi connectivity index (χ0v) is 34.8. The molecule has 0 N–H and O–H groups in total. The first-order chi connectivity index (χ1) is 30.3. The lowest BCUT2D eigenvalue weighted by atomic mass is 9.78. The third-order valence-corrected chi connectivity index (χ3v) is 15.1. The maximum Gasteiger partial charge on any atom is 0.270 e. The summed E-state index contributed by atoms with van der Waals surface area (Å²) < 4.78 is 14.3. The summed E-state index contributed by atoms with van der Waals surface area (Å²) in [6, 6.07) is 22.3. The van der Waals surface area contributed by atoms with Gasteiger partial charge < -0.3 is 9.47 Å². The second kappa shape index (κ2) is 14.2. The van der Waals surface area contributed by atoms with E-state index in [4.69, 9.17) is 32.6 Å². The highest BCUT2D eigenvalue weighted by Gasteiger charge is 2.49. The molecule has 5 aromatic rings. The Morgan fingerprint density at radius 1 is 0.613 bits per heavy atom. The van der Waals surface area contributed by atoms with Gasteiger partial charge in [-0.25, -0.2) is 30.2 Å². The number of ether oxygens (including phenoxy) is 2. The van der Waals surface area contributed by atoms with E-state index in [1.165, 1.54) is 22.7 Å². The van der Waals surface area contributed by atoms with E-state index in [0.29, 0.717) is 54.9 Å². The van der Waals surface area contributed by atoms with Crippen molar-refractivity contribution < 1.29 is 19.1 Å². The smallest absolute Gasteiger partial charge is 0.270 e. The molecule has 2 fully saturated rings. The van der Waals surface area contributed by atoms with Crippen LogP contribution in [0.1, 0.15) is 117 Å². The topological polar surface area (TPSA) is 135 Å². The van der Waals surface area contributed by atoms with Crippen LogP contribution >= 0.6 is 22.7 Å². The number of fused-ring (bicyclic) bond motifs is 10. The molecule has 3 aromatic carbocycles. The lowest BCUT2D eigenvalue weighted by Gasteiger charge is -2.43. The summed E-state index contributed by atoms with van der Waals surface area (Å²) in [7, 11) is 0. The Labute approximate surface area is 365 Å². The number of Topliss-reactive ketones (excluding diaryl/α,β-unsaturated/α-hetero) is 2. The average molecular weight is 845 g/mol. The normalized spacial score (nSPS) is 21.2. The van der Waals surface area contributed by atoms with Crippen LogP contribution in [0.5, 0.6) is 11.5 Å². The molecule has 12 heteroatoms. The van der Waals surface area contributed by atoms with E-state index in [1.807, 2.05) is 12.1 Å². The molecule has 298 valence electrons. The van der Waals surface area contributed by atoms with Crippen molar-refractivity contribution in [1.82, 2.24) is 9.97 Å². The van der Waals surface area contributed by atoms with Gasteiger partial charge in [0, 0.05) is 44.5 Å². The molecule has 62 heavy (non-hydrogen) atoms. The number of allylic oxidation sites excluding steroid dienone is 6. The number of nitrogens with zero attached hydrogens (tertiary/aromatic N) is 6. The number of hydrogen-bond acceptors (Lipinski definition) is 10. The minimum Gasteiger partial charge on any atom is -0.480 e. The Hall–Kier alpha value is -7.22. The predicted octanol–water partition coefficient (Wildman–Crippen LogP) is 11.9. The monoisotopic (exact) mass is 844 g/mol. The van der Waals surface area contributed by atoms with Crippen molar-refractivity contribution >= 4 is 57.5 Å². The van der Waals surface area contributed by atoms with Crippen LogP contribution in [-0.2, 0) is 11.2 Å². The summed E-state index contributed by atoms with van der Waals surface area (Å²) in [5, 5.41) is 21.1. The van der Waals surface area contributed by atoms with Crippen molar-refractivity contribution in [3.63, 3.8) is 0 Å². The molecule has 2 saturated carbocycles. The molecule has 11 rings (SSSR count). The number of hydrogen-bond donors (Lipinski definition) is 0. The largest absolute Gasteiger partial charge is 0.480 e. The Morgan fingerprint density at radius 3 is 1.37 bits per heavy atom. The van der Waals surface area contributed by atoms with E-state index in [2.05, 4.69) is 21.8 Å². The van der Waals surface area contributed by atoms with Gasteiger partial charge in [0.15, 0.2) is 22.8 Å². The van der Waals surface area contributed by atoms with Gasteiger partial charge in [0.25, 0.3) is 11.4 Å². The molecule has 2 aromatic heterocycles. The zero-order valence-electron chi connectivity index (χ0n) is 33.1. The number of thiazole rings is 2. The van der Waals surface area contributed by atoms with Crippen LogP contribution in [0.15, 0.2) is 83.2 Å². The van der Waals surface area contributed by atoms with Gasteiger partial charge in [-0.3, -0.25) is 9.59 Å². The summed E-state index contributed by atoms with van der Waals surface area (Å²) in [5.41, 5.74) is 5.00. The van der Waals surface area contributed by atoms with Crippen molar-refractivity contribution in [1.29, 1.82) is 10.5 Å². The molecule has 0 unspecified atom stereocenters. The summed E-state index contributed by atoms with van der Waals surface area (Å²) in [4.78, 5) is 47.1. The standard InChI is InChI=1S/C50H32N6O4S2/c1-53-35(25-51)41-27-13-5-7-15-29(27)43(57)33(41)23-39-55-47-45(61-39)31-21-38-32(22-37(31)59-49(47)17-9-3-10-18-49)46-48(50(60-38)19-11-4-12-20-50)56-40(62-46)24-34-42(36(26-52)54-2)28-14-6-8-16-30(28)44(34)58/h5-8,13-16,21-24H,3-4,9-12,17-20H2/b33-23-,34-24-,41-35+,42-36?. The molecule has 0 radical (unpaired) electrons. The van der Waals surface area contributed by atoms with Crippen molar-refractivity contribution in [2.75, 3.05) is 0 Å². The highest BCUT2D eigenvalue weighted by atomic mass is 32.1. The first-order valence-corrected chi connectivity index (χ1v) is 22.3. The van der Waals surface area contributed by atoms with Crippen LogP contribution in [0.25, 0.3) is 53.9 Å². The SMILES string of the molecule is [C-]#[N+]C(C#N)=C1/C(=C/c2nc3c(s2)-c2cc4c(cc2OC32CCCCC2)-c2sc(/C=C3\C(=O)c5ccccc5\C3=C(\C#N)[N+]#[C-])nc2C2(CCCCC2)O4)C(=O)c2ccccc21. The van der Waals surface area contributed by atoms with Crippen molar-refractivity contribution in [2.45, 2.75) is 75.4 Å². The summed E-state index contributed by atoms with van der Waals surface area (Å²) >= 11 is 2.95. The average Bonchev–Trinajstić information content (AvgIpc) is 4.07. The van der Waals surface area contributed by atoms with E-state index in [-0.39, 0.29) is 34.1 Å². The van der Waals surface area contributed by atoms with E-state index in [0.717, 1.165) is 96.5 Å². The fourth-order valence-corrected chi connectivity index (χ4v) is 12.5. The summed E-state index contributed by atoms with van der Waals surface area (Å²) in [6.07, 6.45) is 12.6. The van der Waals surface area contributed by atoms with Crippen LogP contribution in [0.4, 0.5) is 0 Å². The highest BCUT2D eigenvalue weighted by Crippen LogP contribution is 2.60. The molecule has 4 aliphatic carbocycles. The zero-order chi connectivity index (χ0) is 42.3.